The topological polar surface area (TPSA) is 93.5 Å². The quantitative estimate of drug-likeness (QED) is 0.774. The minimum atomic E-state index is -1.18. The Balaban J connectivity index is 1.91. The maximum absolute atomic E-state index is 12.2. The first-order chi connectivity index (χ1) is 12.1. The third-order valence-corrected chi connectivity index (χ3v) is 5.35. The van der Waals surface area contributed by atoms with Crippen molar-refractivity contribution in [3.8, 4) is 0 Å². The minimum Gasteiger partial charge on any atom is -0.479 e. The van der Waals surface area contributed by atoms with Crippen LogP contribution in [0.25, 0.3) is 0 Å². The minimum absolute atomic E-state index is 0.00584. The number of anilines is 1. The predicted molar refractivity (Wildman–Crippen MR) is 98.9 cm³/mol. The van der Waals surface area contributed by atoms with E-state index < -0.39 is 11.5 Å². The molecule has 1 aromatic heterocycles. The Morgan fingerprint density at radius 3 is 2.73 bits per heavy atom. The second-order valence-corrected chi connectivity index (χ2v) is 8.26. The van der Waals surface area contributed by atoms with Crippen molar-refractivity contribution in [1.82, 2.24) is 9.78 Å². The molecular weight excluding hydrogens is 334 g/mol. The van der Waals surface area contributed by atoms with E-state index in [1.807, 2.05) is 0 Å². The molecule has 1 saturated carbocycles. The van der Waals surface area contributed by atoms with E-state index in [0.717, 1.165) is 12.8 Å². The molecule has 3 unspecified atom stereocenters. The first-order valence-corrected chi connectivity index (χ1v) is 9.31. The SMILES string of the molecule is CC1CCC(C(C)C)C(OCC(=O)Nc2cnn(C(C)(C)C(=O)O)c2)C1. The second kappa shape index (κ2) is 8.20. The normalized spacial score (nSPS) is 23.8. The van der Waals surface area contributed by atoms with Gasteiger partial charge in [0.1, 0.15) is 6.61 Å². The molecule has 2 N–H and O–H groups in total. The molecule has 1 aliphatic carbocycles. The van der Waals surface area contributed by atoms with Crippen LogP contribution in [0.5, 0.6) is 0 Å². The van der Waals surface area contributed by atoms with E-state index in [4.69, 9.17) is 4.74 Å². The maximum Gasteiger partial charge on any atom is 0.331 e. The predicted octanol–water partition coefficient (Wildman–Crippen LogP) is 3.12. The molecule has 1 amide bonds. The van der Waals surface area contributed by atoms with Gasteiger partial charge in [0.2, 0.25) is 5.91 Å². The number of carboxylic acids is 1. The number of nitrogens with zero attached hydrogens (tertiary/aromatic N) is 2. The van der Waals surface area contributed by atoms with Gasteiger partial charge in [-0.3, -0.25) is 9.48 Å². The summed E-state index contributed by atoms with van der Waals surface area (Å²) in [5.41, 5.74) is -0.715. The van der Waals surface area contributed by atoms with Crippen LogP contribution in [-0.2, 0) is 19.9 Å². The lowest BCUT2D eigenvalue weighted by Crippen LogP contribution is -2.36. The molecule has 0 aromatic carbocycles. The highest BCUT2D eigenvalue weighted by atomic mass is 16.5. The number of carbonyl (C=O) groups excluding carboxylic acids is 1. The van der Waals surface area contributed by atoms with Gasteiger partial charge in [0.05, 0.1) is 18.0 Å². The molecule has 1 aliphatic rings. The smallest absolute Gasteiger partial charge is 0.331 e. The van der Waals surface area contributed by atoms with Gasteiger partial charge in [-0.1, -0.05) is 27.2 Å². The lowest BCUT2D eigenvalue weighted by Gasteiger charge is -2.37. The number of nitrogens with one attached hydrogen (secondary N) is 1. The standard InChI is InChI=1S/C19H31N3O4/c1-12(2)15-7-6-13(3)8-16(15)26-11-17(23)21-14-9-20-22(10-14)19(4,5)18(24)25/h9-10,12-13,15-16H,6-8,11H2,1-5H3,(H,21,23)(H,24,25). The van der Waals surface area contributed by atoms with Crippen LogP contribution in [0.1, 0.15) is 53.9 Å². The highest BCUT2D eigenvalue weighted by Crippen LogP contribution is 2.35. The molecule has 0 aliphatic heterocycles. The summed E-state index contributed by atoms with van der Waals surface area (Å²) >= 11 is 0. The van der Waals surface area contributed by atoms with Gasteiger partial charge in [-0.25, -0.2) is 4.79 Å². The molecule has 3 atom stereocenters. The van der Waals surface area contributed by atoms with Crippen molar-refractivity contribution in [2.75, 3.05) is 11.9 Å². The van der Waals surface area contributed by atoms with E-state index in [9.17, 15) is 14.7 Å². The zero-order valence-electron chi connectivity index (χ0n) is 16.4. The second-order valence-electron chi connectivity index (χ2n) is 8.26. The molecule has 7 heteroatoms. The summed E-state index contributed by atoms with van der Waals surface area (Å²) in [7, 11) is 0. The molecular formula is C19H31N3O4. The Bertz CT molecular complexity index is 638. The van der Waals surface area contributed by atoms with Crippen molar-refractivity contribution in [3.63, 3.8) is 0 Å². The maximum atomic E-state index is 12.2. The van der Waals surface area contributed by atoms with E-state index in [1.54, 1.807) is 13.8 Å². The van der Waals surface area contributed by atoms with Crippen molar-refractivity contribution in [3.05, 3.63) is 12.4 Å². The van der Waals surface area contributed by atoms with Gasteiger partial charge in [0, 0.05) is 6.20 Å². The van der Waals surface area contributed by atoms with E-state index in [0.29, 0.717) is 23.4 Å². The Labute approximate surface area is 155 Å². The monoisotopic (exact) mass is 365 g/mol. The molecule has 7 nitrogen and oxygen atoms in total. The van der Waals surface area contributed by atoms with Crippen molar-refractivity contribution >= 4 is 17.6 Å². The molecule has 146 valence electrons. The largest absolute Gasteiger partial charge is 0.479 e. The number of hydrogen-bond acceptors (Lipinski definition) is 4. The van der Waals surface area contributed by atoms with E-state index in [1.165, 1.54) is 23.5 Å². The number of rotatable bonds is 7. The van der Waals surface area contributed by atoms with E-state index in [2.05, 4.69) is 31.2 Å². The number of aromatic nitrogens is 2. The summed E-state index contributed by atoms with van der Waals surface area (Å²) in [5.74, 6) is 0.395. The number of aliphatic carboxylic acids is 1. The van der Waals surface area contributed by atoms with E-state index >= 15 is 0 Å². The highest BCUT2D eigenvalue weighted by Gasteiger charge is 2.32. The Kier molecular flexibility index (Phi) is 6.44. The Morgan fingerprint density at radius 2 is 2.12 bits per heavy atom. The van der Waals surface area contributed by atoms with Crippen LogP contribution < -0.4 is 5.32 Å². The average molecular weight is 365 g/mol. The van der Waals surface area contributed by atoms with Gasteiger partial charge in [-0.15, -0.1) is 0 Å². The Morgan fingerprint density at radius 1 is 1.42 bits per heavy atom. The fourth-order valence-corrected chi connectivity index (χ4v) is 3.48. The molecule has 1 fully saturated rings. The molecule has 1 aromatic rings. The van der Waals surface area contributed by atoms with Crippen LogP contribution in [0.4, 0.5) is 5.69 Å². The lowest BCUT2D eigenvalue weighted by molar-refractivity contribution is -0.146. The number of amides is 1. The molecule has 0 spiro atoms. The number of hydrogen-bond donors (Lipinski definition) is 2. The van der Waals surface area contributed by atoms with Crippen molar-refractivity contribution in [1.29, 1.82) is 0 Å². The summed E-state index contributed by atoms with van der Waals surface area (Å²) in [6.07, 6.45) is 6.42. The molecule has 0 radical (unpaired) electrons. The first kappa shape index (κ1) is 20.4. The van der Waals surface area contributed by atoms with E-state index in [-0.39, 0.29) is 18.6 Å². The van der Waals surface area contributed by atoms with Crippen molar-refractivity contribution in [2.45, 2.75) is 65.5 Å². The fourth-order valence-electron chi connectivity index (χ4n) is 3.48. The third kappa shape index (κ3) is 4.84. The van der Waals surface area contributed by atoms with Gasteiger partial charge in [0.25, 0.3) is 0 Å². The number of ether oxygens (including phenoxy) is 1. The first-order valence-electron chi connectivity index (χ1n) is 9.31. The van der Waals surface area contributed by atoms with Crippen molar-refractivity contribution in [2.24, 2.45) is 17.8 Å². The van der Waals surface area contributed by atoms with Crippen LogP contribution in [0.2, 0.25) is 0 Å². The Hall–Kier alpha value is -1.89. The van der Waals surface area contributed by atoms with Gasteiger partial charge in [-0.2, -0.15) is 5.10 Å². The van der Waals surface area contributed by atoms with Crippen LogP contribution in [-0.4, -0.2) is 39.5 Å². The average Bonchev–Trinajstić information content (AvgIpc) is 3.01. The number of carbonyl (C=O) groups is 2. The summed E-state index contributed by atoms with van der Waals surface area (Å²) in [6, 6.07) is 0. The van der Waals surface area contributed by atoms with Gasteiger partial charge < -0.3 is 15.2 Å². The van der Waals surface area contributed by atoms with Gasteiger partial charge >= 0.3 is 5.97 Å². The van der Waals surface area contributed by atoms with Crippen LogP contribution in [0.3, 0.4) is 0 Å². The van der Waals surface area contributed by atoms with Crippen molar-refractivity contribution < 1.29 is 19.4 Å². The van der Waals surface area contributed by atoms with Gasteiger partial charge in [-0.05, 0) is 44.4 Å². The molecule has 1 heterocycles. The highest BCUT2D eigenvalue weighted by molar-refractivity contribution is 5.91. The summed E-state index contributed by atoms with van der Waals surface area (Å²) in [4.78, 5) is 23.5. The molecule has 2 rings (SSSR count). The fraction of sp³-hybridized carbons (Fsp3) is 0.737. The van der Waals surface area contributed by atoms with Crippen LogP contribution in [0, 0.1) is 17.8 Å². The molecule has 26 heavy (non-hydrogen) atoms. The molecule has 0 bridgehead atoms. The number of carboxylic acid groups (broad SMARTS) is 1. The zero-order valence-corrected chi connectivity index (χ0v) is 16.4. The summed E-state index contributed by atoms with van der Waals surface area (Å²) in [5, 5.41) is 16.0. The third-order valence-electron chi connectivity index (χ3n) is 5.35. The van der Waals surface area contributed by atoms with Gasteiger partial charge in [0.15, 0.2) is 5.54 Å². The summed E-state index contributed by atoms with van der Waals surface area (Å²) < 4.78 is 7.26. The summed E-state index contributed by atoms with van der Waals surface area (Å²) in [6.45, 7) is 9.73. The van der Waals surface area contributed by atoms with Crippen LogP contribution >= 0.6 is 0 Å². The zero-order chi connectivity index (χ0) is 19.5. The molecule has 0 saturated heterocycles. The van der Waals surface area contributed by atoms with Crippen LogP contribution in [0.15, 0.2) is 12.4 Å². The lowest BCUT2D eigenvalue weighted by atomic mass is 9.75.